The summed E-state index contributed by atoms with van der Waals surface area (Å²) in [6.45, 7) is -0.186. The van der Waals surface area contributed by atoms with Crippen LogP contribution in [0.5, 0.6) is 17.2 Å². The summed E-state index contributed by atoms with van der Waals surface area (Å²) in [5, 5.41) is 3.42. The number of hydrogen-bond donors (Lipinski definition) is 4. The zero-order valence-electron chi connectivity index (χ0n) is 16.8. The second kappa shape index (κ2) is 10.2. The number of ether oxygens (including phenoxy) is 3. The number of halogens is 1. The fraction of sp³-hybridized carbons (Fsp3) is 0.150. The molecule has 0 spiro atoms. The summed E-state index contributed by atoms with van der Waals surface area (Å²) >= 11 is 6.20. The number of nitrogen functional groups attached to an aromatic ring is 1. The van der Waals surface area contributed by atoms with E-state index in [1.54, 1.807) is 24.3 Å². The topological polar surface area (TPSA) is 133 Å². The third-order valence-electron chi connectivity index (χ3n) is 4.04. The molecule has 0 radical (unpaired) electrons. The molecule has 11 heteroatoms. The minimum atomic E-state index is -0.417. The van der Waals surface area contributed by atoms with Gasteiger partial charge in [0.25, 0.3) is 5.91 Å². The minimum Gasteiger partial charge on any atom is -0.495 e. The molecule has 1 amide bonds. The molecule has 0 aliphatic carbocycles. The van der Waals surface area contributed by atoms with Crippen molar-refractivity contribution in [1.29, 1.82) is 0 Å². The van der Waals surface area contributed by atoms with Crippen molar-refractivity contribution in [2.75, 3.05) is 37.3 Å². The smallest absolute Gasteiger partial charge is 0.276 e. The molecule has 3 aromatic rings. The molecule has 3 rings (SSSR count). The van der Waals surface area contributed by atoms with E-state index in [4.69, 9.17) is 31.5 Å². The van der Waals surface area contributed by atoms with Crippen LogP contribution in [-0.4, -0.2) is 36.7 Å². The summed E-state index contributed by atoms with van der Waals surface area (Å²) in [7, 11) is 3.02. The number of anilines is 4. The van der Waals surface area contributed by atoms with Crippen LogP contribution in [0.15, 0.2) is 48.8 Å². The van der Waals surface area contributed by atoms with Crippen molar-refractivity contribution >= 4 is 40.5 Å². The predicted octanol–water partition coefficient (Wildman–Crippen LogP) is 3.00. The first-order chi connectivity index (χ1) is 15.0. The standard InChI is InChI=1S/C20H21ClN6O4/c1-29-15-9-16(30-2)14(8-13(15)21)25-19-18(22)20(24-11-23-19)27-26-17(28)10-31-12-6-4-3-5-7-12/h3-9,11H,10,22H2,1-2H3,(H,26,28)(H2,23,24,25,27). The number of hydrazine groups is 1. The zero-order chi connectivity index (χ0) is 22.2. The lowest BCUT2D eigenvalue weighted by atomic mass is 10.2. The van der Waals surface area contributed by atoms with E-state index >= 15 is 0 Å². The van der Waals surface area contributed by atoms with Gasteiger partial charge in [-0.1, -0.05) is 29.8 Å². The molecule has 162 valence electrons. The average Bonchev–Trinajstić information content (AvgIpc) is 2.79. The van der Waals surface area contributed by atoms with Gasteiger partial charge in [0.2, 0.25) is 0 Å². The number of amides is 1. The van der Waals surface area contributed by atoms with Gasteiger partial charge in [-0.25, -0.2) is 9.97 Å². The molecule has 10 nitrogen and oxygen atoms in total. The number of benzene rings is 2. The molecule has 2 aromatic carbocycles. The van der Waals surface area contributed by atoms with Crippen LogP contribution >= 0.6 is 11.6 Å². The Balaban J connectivity index is 1.66. The Hall–Kier alpha value is -3.92. The van der Waals surface area contributed by atoms with E-state index in [-0.39, 0.29) is 23.9 Å². The van der Waals surface area contributed by atoms with Crippen molar-refractivity contribution in [3.63, 3.8) is 0 Å². The normalized spacial score (nSPS) is 10.2. The Labute approximate surface area is 183 Å². The molecular formula is C20H21ClN6O4. The fourth-order valence-corrected chi connectivity index (χ4v) is 2.75. The SMILES string of the molecule is COc1cc(OC)c(Nc2ncnc(NNC(=O)COc3ccccc3)c2N)cc1Cl. The van der Waals surface area contributed by atoms with E-state index in [9.17, 15) is 4.79 Å². The monoisotopic (exact) mass is 444 g/mol. The van der Waals surface area contributed by atoms with Gasteiger partial charge in [-0.15, -0.1) is 0 Å². The fourth-order valence-electron chi connectivity index (χ4n) is 2.51. The highest BCUT2D eigenvalue weighted by Gasteiger charge is 2.14. The van der Waals surface area contributed by atoms with Gasteiger partial charge in [0.15, 0.2) is 18.2 Å². The van der Waals surface area contributed by atoms with E-state index in [2.05, 4.69) is 26.1 Å². The molecule has 0 bridgehead atoms. The molecule has 0 unspecified atom stereocenters. The van der Waals surface area contributed by atoms with E-state index < -0.39 is 5.91 Å². The maximum absolute atomic E-state index is 12.0. The largest absolute Gasteiger partial charge is 0.495 e. The second-order valence-corrected chi connectivity index (χ2v) is 6.48. The van der Waals surface area contributed by atoms with Crippen molar-refractivity contribution in [2.24, 2.45) is 0 Å². The van der Waals surface area contributed by atoms with Crippen LogP contribution in [0.1, 0.15) is 0 Å². The Morgan fingerprint density at radius 1 is 1.06 bits per heavy atom. The number of hydrogen-bond acceptors (Lipinski definition) is 9. The van der Waals surface area contributed by atoms with E-state index in [1.165, 1.54) is 20.5 Å². The lowest BCUT2D eigenvalue weighted by Gasteiger charge is -2.16. The van der Waals surface area contributed by atoms with Gasteiger partial charge in [-0.3, -0.25) is 15.6 Å². The van der Waals surface area contributed by atoms with E-state index in [1.807, 2.05) is 18.2 Å². The van der Waals surface area contributed by atoms with Crippen molar-refractivity contribution in [1.82, 2.24) is 15.4 Å². The van der Waals surface area contributed by atoms with Gasteiger partial charge < -0.3 is 25.3 Å². The summed E-state index contributed by atoms with van der Waals surface area (Å²) in [4.78, 5) is 20.2. The maximum atomic E-state index is 12.0. The van der Waals surface area contributed by atoms with Gasteiger partial charge >= 0.3 is 0 Å². The van der Waals surface area contributed by atoms with Crippen molar-refractivity contribution in [3.05, 3.63) is 53.8 Å². The van der Waals surface area contributed by atoms with Gasteiger partial charge in [0.1, 0.15) is 29.3 Å². The molecule has 0 fully saturated rings. The van der Waals surface area contributed by atoms with Crippen molar-refractivity contribution < 1.29 is 19.0 Å². The molecule has 0 atom stereocenters. The summed E-state index contributed by atoms with van der Waals surface area (Å²) in [5.41, 5.74) is 12.0. The quantitative estimate of drug-likeness (QED) is 0.367. The number of methoxy groups -OCH3 is 2. The molecule has 31 heavy (non-hydrogen) atoms. The molecule has 0 saturated carbocycles. The Morgan fingerprint density at radius 3 is 2.48 bits per heavy atom. The minimum absolute atomic E-state index is 0.167. The zero-order valence-corrected chi connectivity index (χ0v) is 17.6. The van der Waals surface area contributed by atoms with Crippen LogP contribution in [0.2, 0.25) is 5.02 Å². The molecule has 1 heterocycles. The lowest BCUT2D eigenvalue weighted by Crippen LogP contribution is -2.34. The highest BCUT2D eigenvalue weighted by Crippen LogP contribution is 2.38. The number of rotatable bonds is 9. The number of aromatic nitrogens is 2. The summed E-state index contributed by atoms with van der Waals surface area (Å²) < 4.78 is 15.9. The first kappa shape index (κ1) is 21.8. The highest BCUT2D eigenvalue weighted by molar-refractivity contribution is 6.32. The molecule has 1 aromatic heterocycles. The number of nitrogens with one attached hydrogen (secondary N) is 3. The van der Waals surface area contributed by atoms with E-state index in [0.717, 1.165) is 0 Å². The third kappa shape index (κ3) is 5.58. The first-order valence-electron chi connectivity index (χ1n) is 9.03. The second-order valence-electron chi connectivity index (χ2n) is 6.07. The van der Waals surface area contributed by atoms with Crippen molar-refractivity contribution in [3.8, 4) is 17.2 Å². The summed E-state index contributed by atoms with van der Waals surface area (Å²) in [6.07, 6.45) is 1.28. The van der Waals surface area contributed by atoms with Crippen LogP contribution in [-0.2, 0) is 4.79 Å². The maximum Gasteiger partial charge on any atom is 0.276 e. The average molecular weight is 445 g/mol. The van der Waals surface area contributed by atoms with Gasteiger partial charge in [0.05, 0.1) is 24.9 Å². The summed E-state index contributed by atoms with van der Waals surface area (Å²) in [6, 6.07) is 12.2. The number of carbonyl (C=O) groups is 1. The van der Waals surface area contributed by atoms with E-state index in [0.29, 0.717) is 28.0 Å². The number of para-hydroxylation sites is 1. The van der Waals surface area contributed by atoms with Crippen LogP contribution < -0.4 is 36.1 Å². The molecule has 0 aliphatic rings. The molecule has 5 N–H and O–H groups in total. The number of carbonyl (C=O) groups excluding carboxylic acids is 1. The van der Waals surface area contributed by atoms with Crippen LogP contribution in [0.25, 0.3) is 0 Å². The Bertz CT molecular complexity index is 1050. The Kier molecular flexibility index (Phi) is 7.17. The first-order valence-corrected chi connectivity index (χ1v) is 9.41. The van der Waals surface area contributed by atoms with Gasteiger partial charge in [0, 0.05) is 6.07 Å². The number of nitrogens with two attached hydrogens (primary N) is 1. The third-order valence-corrected chi connectivity index (χ3v) is 4.34. The highest BCUT2D eigenvalue weighted by atomic mass is 35.5. The summed E-state index contributed by atoms with van der Waals surface area (Å²) in [5.74, 6) is 1.58. The van der Waals surface area contributed by atoms with Crippen LogP contribution in [0.3, 0.4) is 0 Å². The molecular weight excluding hydrogens is 424 g/mol. The van der Waals surface area contributed by atoms with Crippen molar-refractivity contribution in [2.45, 2.75) is 0 Å². The van der Waals surface area contributed by atoms with Gasteiger partial charge in [-0.2, -0.15) is 0 Å². The number of nitrogens with zero attached hydrogens (tertiary/aromatic N) is 2. The van der Waals surface area contributed by atoms with Crippen LogP contribution in [0.4, 0.5) is 23.0 Å². The predicted molar refractivity (Wildman–Crippen MR) is 118 cm³/mol. The van der Waals surface area contributed by atoms with Crippen LogP contribution in [0, 0.1) is 0 Å². The molecule has 0 saturated heterocycles. The van der Waals surface area contributed by atoms with Gasteiger partial charge in [-0.05, 0) is 18.2 Å². The lowest BCUT2D eigenvalue weighted by molar-refractivity contribution is -0.122. The Morgan fingerprint density at radius 2 is 1.77 bits per heavy atom. The molecule has 0 aliphatic heterocycles.